The molecule has 2 atom stereocenters. The Balaban J connectivity index is 1.95. The van der Waals surface area contributed by atoms with Crippen LogP contribution in [0.2, 0.25) is 0 Å². The molecule has 0 bridgehead atoms. The molecule has 19 heavy (non-hydrogen) atoms. The van der Waals surface area contributed by atoms with Crippen LogP contribution in [-0.2, 0) is 9.53 Å². The molecular formula is C15H24N2O2. The molecule has 2 aliphatic rings. The van der Waals surface area contributed by atoms with Crippen molar-refractivity contribution in [1.29, 1.82) is 5.26 Å². The summed E-state index contributed by atoms with van der Waals surface area (Å²) in [6.07, 6.45) is 8.82. The lowest BCUT2D eigenvalue weighted by Gasteiger charge is -2.25. The first kappa shape index (κ1) is 14.3. The fourth-order valence-electron chi connectivity index (χ4n) is 3.33. The van der Waals surface area contributed by atoms with Crippen LogP contribution in [0, 0.1) is 16.7 Å². The van der Waals surface area contributed by atoms with Gasteiger partial charge in [0, 0.05) is 13.2 Å². The second kappa shape index (κ2) is 6.38. The average Bonchev–Trinajstić information content (AvgIpc) is 2.74. The first-order chi connectivity index (χ1) is 9.20. The summed E-state index contributed by atoms with van der Waals surface area (Å²) in [5, 5.41) is 12.6. The van der Waals surface area contributed by atoms with Crippen molar-refractivity contribution < 1.29 is 9.53 Å². The van der Waals surface area contributed by atoms with Crippen molar-refractivity contribution in [3.63, 3.8) is 0 Å². The van der Waals surface area contributed by atoms with E-state index in [-0.39, 0.29) is 18.1 Å². The summed E-state index contributed by atoms with van der Waals surface area (Å²) in [4.78, 5) is 12.5. The molecule has 1 amide bonds. The lowest BCUT2D eigenvalue weighted by molar-refractivity contribution is -0.129. The largest absolute Gasteiger partial charge is 0.381 e. The van der Waals surface area contributed by atoms with Crippen LogP contribution in [0.5, 0.6) is 0 Å². The van der Waals surface area contributed by atoms with Crippen LogP contribution in [0.4, 0.5) is 0 Å². The number of hydrogen-bond acceptors (Lipinski definition) is 3. The summed E-state index contributed by atoms with van der Waals surface area (Å²) >= 11 is 0. The van der Waals surface area contributed by atoms with E-state index >= 15 is 0 Å². The van der Waals surface area contributed by atoms with E-state index in [0.29, 0.717) is 0 Å². The third kappa shape index (κ3) is 3.27. The fraction of sp³-hybridized carbons (Fsp3) is 0.867. The summed E-state index contributed by atoms with van der Waals surface area (Å²) < 4.78 is 5.32. The predicted molar refractivity (Wildman–Crippen MR) is 72.3 cm³/mol. The minimum absolute atomic E-state index is 0.0429. The number of hydrogen-bond donors (Lipinski definition) is 1. The molecular weight excluding hydrogens is 240 g/mol. The number of carbonyl (C=O) groups excluding carboxylic acids is 1. The number of carbonyl (C=O) groups is 1. The van der Waals surface area contributed by atoms with Crippen LogP contribution in [0.15, 0.2) is 0 Å². The molecule has 4 nitrogen and oxygen atoms in total. The average molecular weight is 264 g/mol. The topological polar surface area (TPSA) is 62.1 Å². The summed E-state index contributed by atoms with van der Waals surface area (Å²) in [6.45, 7) is 0. The number of nitriles is 1. The van der Waals surface area contributed by atoms with Crippen molar-refractivity contribution in [2.24, 2.45) is 5.41 Å². The second-order valence-electron chi connectivity index (χ2n) is 5.95. The van der Waals surface area contributed by atoms with Crippen LogP contribution in [0.1, 0.15) is 57.8 Å². The summed E-state index contributed by atoms with van der Waals surface area (Å²) in [5.41, 5.74) is -0.776. The number of methoxy groups -OCH3 is 1. The van der Waals surface area contributed by atoms with Crippen LogP contribution in [0.3, 0.4) is 0 Å². The first-order valence-electron chi connectivity index (χ1n) is 7.45. The maximum Gasteiger partial charge on any atom is 0.240 e. The number of ether oxygens (including phenoxy) is 1. The molecule has 2 saturated carbocycles. The molecule has 4 heteroatoms. The van der Waals surface area contributed by atoms with E-state index < -0.39 is 5.41 Å². The van der Waals surface area contributed by atoms with Crippen LogP contribution < -0.4 is 5.32 Å². The minimum atomic E-state index is -0.776. The molecule has 1 N–H and O–H groups in total. The van der Waals surface area contributed by atoms with Crippen molar-refractivity contribution in [2.75, 3.05) is 7.11 Å². The smallest absolute Gasteiger partial charge is 0.240 e. The zero-order chi connectivity index (χ0) is 13.7. The summed E-state index contributed by atoms with van der Waals surface area (Å²) in [6, 6.07) is 2.50. The third-order valence-corrected chi connectivity index (χ3v) is 4.66. The summed E-state index contributed by atoms with van der Waals surface area (Å²) in [7, 11) is 1.72. The Morgan fingerprint density at radius 2 is 1.95 bits per heavy atom. The van der Waals surface area contributed by atoms with Gasteiger partial charge in [-0.1, -0.05) is 25.7 Å². The van der Waals surface area contributed by atoms with Crippen LogP contribution in [0.25, 0.3) is 0 Å². The number of nitrogens with one attached hydrogen (secondary N) is 1. The molecule has 0 aromatic heterocycles. The molecule has 0 aromatic carbocycles. The van der Waals surface area contributed by atoms with Crippen molar-refractivity contribution in [3.05, 3.63) is 0 Å². The Morgan fingerprint density at radius 1 is 1.26 bits per heavy atom. The molecule has 0 aliphatic heterocycles. The maximum atomic E-state index is 12.5. The Labute approximate surface area is 115 Å². The van der Waals surface area contributed by atoms with Crippen molar-refractivity contribution in [1.82, 2.24) is 5.32 Å². The Kier molecular flexibility index (Phi) is 4.81. The monoisotopic (exact) mass is 264 g/mol. The second-order valence-corrected chi connectivity index (χ2v) is 5.95. The highest BCUT2D eigenvalue weighted by Crippen LogP contribution is 2.35. The van der Waals surface area contributed by atoms with E-state index in [2.05, 4.69) is 11.4 Å². The number of rotatable bonds is 3. The van der Waals surface area contributed by atoms with E-state index in [9.17, 15) is 10.1 Å². The lowest BCUT2D eigenvalue weighted by Crippen LogP contribution is -2.44. The SMILES string of the molecule is COC1CCC(NC(=O)C2(C#N)CCCCCC2)C1. The van der Waals surface area contributed by atoms with Gasteiger partial charge in [-0.2, -0.15) is 5.26 Å². The van der Waals surface area contributed by atoms with Gasteiger partial charge >= 0.3 is 0 Å². The fourth-order valence-corrected chi connectivity index (χ4v) is 3.33. The van der Waals surface area contributed by atoms with Crippen molar-refractivity contribution in [2.45, 2.75) is 69.9 Å². The van der Waals surface area contributed by atoms with Gasteiger partial charge in [0.1, 0.15) is 5.41 Å². The van der Waals surface area contributed by atoms with E-state index in [1.807, 2.05) is 0 Å². The lowest BCUT2D eigenvalue weighted by atomic mass is 9.80. The quantitative estimate of drug-likeness (QED) is 0.797. The first-order valence-corrected chi connectivity index (χ1v) is 7.45. The zero-order valence-electron chi connectivity index (χ0n) is 11.8. The zero-order valence-corrected chi connectivity index (χ0v) is 11.8. The summed E-state index contributed by atoms with van der Waals surface area (Å²) in [5.74, 6) is -0.0429. The van der Waals surface area contributed by atoms with E-state index in [0.717, 1.165) is 57.8 Å². The molecule has 2 rings (SSSR count). The van der Waals surface area contributed by atoms with Crippen LogP contribution in [-0.4, -0.2) is 25.2 Å². The van der Waals surface area contributed by atoms with Gasteiger partial charge in [0.25, 0.3) is 0 Å². The molecule has 0 spiro atoms. The maximum absolute atomic E-state index is 12.5. The van der Waals surface area contributed by atoms with Gasteiger partial charge in [0.15, 0.2) is 0 Å². The standard InChI is InChI=1S/C15H24N2O2/c1-19-13-7-6-12(10-13)17-14(18)15(11-16)8-4-2-3-5-9-15/h12-13H,2-10H2,1H3,(H,17,18). The van der Waals surface area contributed by atoms with Gasteiger partial charge in [0.05, 0.1) is 12.2 Å². The van der Waals surface area contributed by atoms with Crippen LogP contribution >= 0.6 is 0 Å². The highest BCUT2D eigenvalue weighted by atomic mass is 16.5. The van der Waals surface area contributed by atoms with Gasteiger partial charge in [-0.25, -0.2) is 0 Å². The molecule has 0 aromatic rings. The predicted octanol–water partition coefficient (Wildman–Crippen LogP) is 2.53. The highest BCUT2D eigenvalue weighted by molar-refractivity contribution is 5.85. The van der Waals surface area contributed by atoms with Gasteiger partial charge in [-0.15, -0.1) is 0 Å². The molecule has 0 saturated heterocycles. The van der Waals surface area contributed by atoms with Gasteiger partial charge in [-0.05, 0) is 32.1 Å². The number of nitrogens with zero attached hydrogens (tertiary/aromatic N) is 1. The Hall–Kier alpha value is -1.08. The van der Waals surface area contributed by atoms with E-state index in [1.165, 1.54) is 0 Å². The minimum Gasteiger partial charge on any atom is -0.381 e. The van der Waals surface area contributed by atoms with E-state index in [4.69, 9.17) is 4.74 Å². The molecule has 2 aliphatic carbocycles. The number of amides is 1. The van der Waals surface area contributed by atoms with Crippen molar-refractivity contribution in [3.8, 4) is 6.07 Å². The molecule has 0 heterocycles. The van der Waals surface area contributed by atoms with Gasteiger partial charge in [0.2, 0.25) is 5.91 Å². The van der Waals surface area contributed by atoms with Crippen molar-refractivity contribution >= 4 is 5.91 Å². The highest BCUT2D eigenvalue weighted by Gasteiger charge is 2.40. The van der Waals surface area contributed by atoms with Gasteiger partial charge in [-0.3, -0.25) is 4.79 Å². The van der Waals surface area contributed by atoms with Gasteiger partial charge < -0.3 is 10.1 Å². The molecule has 2 fully saturated rings. The molecule has 106 valence electrons. The Morgan fingerprint density at radius 3 is 2.47 bits per heavy atom. The Bertz CT molecular complexity index is 354. The van der Waals surface area contributed by atoms with E-state index in [1.54, 1.807) is 7.11 Å². The molecule has 0 radical (unpaired) electrons. The normalized spacial score (nSPS) is 30.3. The molecule has 2 unspecified atom stereocenters. The third-order valence-electron chi connectivity index (χ3n) is 4.66.